The number of pyridine rings is 1. The first-order valence-electron chi connectivity index (χ1n) is 14.3. The van der Waals surface area contributed by atoms with E-state index in [-0.39, 0.29) is 18.0 Å². The van der Waals surface area contributed by atoms with Crippen LogP contribution < -0.4 is 16.0 Å². The molecule has 1 aromatic heterocycles. The van der Waals surface area contributed by atoms with Gasteiger partial charge < -0.3 is 15.5 Å². The summed E-state index contributed by atoms with van der Waals surface area (Å²) < 4.78 is 0. The molecule has 2 aliphatic rings. The lowest BCUT2D eigenvalue weighted by Crippen LogP contribution is -2.41. The van der Waals surface area contributed by atoms with Gasteiger partial charge in [-0.15, -0.1) is 0 Å². The molecule has 1 aliphatic carbocycles. The molecule has 0 bridgehead atoms. The Hall–Kier alpha value is -4.19. The number of amides is 3. The zero-order chi connectivity index (χ0) is 28.8. The molecule has 212 valence electrons. The van der Waals surface area contributed by atoms with Crippen molar-refractivity contribution in [3.63, 3.8) is 0 Å². The van der Waals surface area contributed by atoms with E-state index in [1.807, 2.05) is 43.3 Å². The van der Waals surface area contributed by atoms with Crippen LogP contribution in [0.4, 0.5) is 16.3 Å². The topological polar surface area (TPSA) is 89.6 Å². The first kappa shape index (κ1) is 28.3. The molecule has 1 aliphatic heterocycles. The highest BCUT2D eigenvalue weighted by Crippen LogP contribution is 2.20. The van der Waals surface area contributed by atoms with Gasteiger partial charge in [0.15, 0.2) is 0 Å². The van der Waals surface area contributed by atoms with E-state index in [9.17, 15) is 9.59 Å². The van der Waals surface area contributed by atoms with Crippen molar-refractivity contribution in [3.8, 4) is 11.8 Å². The van der Waals surface area contributed by atoms with Crippen LogP contribution in [0, 0.1) is 18.8 Å². The molecule has 1 saturated heterocycles. The third kappa shape index (κ3) is 7.72. The van der Waals surface area contributed by atoms with E-state index < -0.39 is 0 Å². The number of anilines is 2. The maximum atomic E-state index is 13.0. The molecule has 41 heavy (non-hydrogen) atoms. The van der Waals surface area contributed by atoms with Crippen molar-refractivity contribution in [1.29, 1.82) is 0 Å². The molecular formula is C33H38N6O2. The molecule has 8 nitrogen and oxygen atoms in total. The Morgan fingerprint density at radius 1 is 1.00 bits per heavy atom. The molecule has 0 unspecified atom stereocenters. The number of likely N-dealkylation sites (N-methyl/N-ethyl adjacent to an activating group) is 1. The summed E-state index contributed by atoms with van der Waals surface area (Å²) in [6.45, 7) is 5.08. The third-order valence-corrected chi connectivity index (χ3v) is 7.88. The number of hydrogen-bond donors (Lipinski definition) is 3. The molecule has 2 heterocycles. The summed E-state index contributed by atoms with van der Waals surface area (Å²) in [6.07, 6.45) is 6.05. The Balaban J connectivity index is 1.16. The fraction of sp³-hybridized carbons (Fsp3) is 0.364. The van der Waals surface area contributed by atoms with Gasteiger partial charge in [0.1, 0.15) is 5.82 Å². The van der Waals surface area contributed by atoms with Gasteiger partial charge in [0.2, 0.25) is 0 Å². The number of carbonyl (C=O) groups excluding carboxylic acids is 2. The molecule has 3 aromatic rings. The van der Waals surface area contributed by atoms with Gasteiger partial charge in [-0.2, -0.15) is 0 Å². The first-order chi connectivity index (χ1) is 19.8. The second-order valence-electron chi connectivity index (χ2n) is 11.2. The zero-order valence-electron chi connectivity index (χ0n) is 24.0. The third-order valence-electron chi connectivity index (χ3n) is 7.88. The maximum absolute atomic E-state index is 13.0. The van der Waals surface area contributed by atoms with E-state index in [4.69, 9.17) is 0 Å². The van der Waals surface area contributed by atoms with Crippen LogP contribution in [0.25, 0.3) is 0 Å². The van der Waals surface area contributed by atoms with Crippen LogP contribution in [0.1, 0.15) is 58.3 Å². The van der Waals surface area contributed by atoms with Crippen LogP contribution in [0.2, 0.25) is 0 Å². The van der Waals surface area contributed by atoms with E-state index in [1.165, 1.54) is 12.0 Å². The normalized spacial score (nSPS) is 16.9. The summed E-state index contributed by atoms with van der Waals surface area (Å²) in [5.41, 5.74) is 5.03. The van der Waals surface area contributed by atoms with Crippen molar-refractivity contribution >= 4 is 23.4 Å². The SMILES string of the molecule is Cc1ccc(C(=O)Nc2ccc(CN3CC[C@H](N(C)C)C3)cc2)cc1C#Cc1ccc(NC(=O)NC2CCC2)nc1. The van der Waals surface area contributed by atoms with Gasteiger partial charge in [0, 0.05) is 60.3 Å². The number of hydrogen-bond acceptors (Lipinski definition) is 5. The Bertz CT molecular complexity index is 1440. The molecule has 1 saturated carbocycles. The first-order valence-corrected chi connectivity index (χ1v) is 14.3. The van der Waals surface area contributed by atoms with Gasteiger partial charge in [-0.1, -0.05) is 30.0 Å². The van der Waals surface area contributed by atoms with Gasteiger partial charge in [0.25, 0.3) is 5.91 Å². The quantitative estimate of drug-likeness (QED) is 0.366. The summed E-state index contributed by atoms with van der Waals surface area (Å²) >= 11 is 0. The average Bonchev–Trinajstić information content (AvgIpc) is 3.41. The van der Waals surface area contributed by atoms with E-state index in [0.29, 0.717) is 17.4 Å². The van der Waals surface area contributed by atoms with Crippen LogP contribution in [0.15, 0.2) is 60.8 Å². The minimum absolute atomic E-state index is 0.175. The summed E-state index contributed by atoms with van der Waals surface area (Å²) in [7, 11) is 4.29. The van der Waals surface area contributed by atoms with Gasteiger partial charge in [-0.25, -0.2) is 9.78 Å². The fourth-order valence-corrected chi connectivity index (χ4v) is 5.00. The van der Waals surface area contributed by atoms with Gasteiger partial charge in [0.05, 0.1) is 0 Å². The minimum atomic E-state index is -0.233. The molecule has 5 rings (SSSR count). The van der Waals surface area contributed by atoms with Crippen molar-refractivity contribution in [2.24, 2.45) is 0 Å². The maximum Gasteiger partial charge on any atom is 0.320 e. The van der Waals surface area contributed by atoms with Gasteiger partial charge in [-0.05, 0) is 94.2 Å². The number of aryl methyl sites for hydroxylation is 1. The van der Waals surface area contributed by atoms with E-state index in [1.54, 1.807) is 12.3 Å². The minimum Gasteiger partial charge on any atom is -0.335 e. The lowest BCUT2D eigenvalue weighted by molar-refractivity contribution is 0.102. The number of rotatable bonds is 7. The average molecular weight is 551 g/mol. The number of aromatic nitrogens is 1. The fourth-order valence-electron chi connectivity index (χ4n) is 5.00. The number of likely N-dealkylation sites (tertiary alicyclic amines) is 1. The van der Waals surface area contributed by atoms with E-state index in [2.05, 4.69) is 68.8 Å². The second-order valence-corrected chi connectivity index (χ2v) is 11.2. The van der Waals surface area contributed by atoms with Gasteiger partial charge in [-0.3, -0.25) is 15.0 Å². The number of carbonyl (C=O) groups is 2. The van der Waals surface area contributed by atoms with E-state index in [0.717, 1.165) is 61.3 Å². The van der Waals surface area contributed by atoms with Crippen molar-refractivity contribution in [2.75, 3.05) is 37.8 Å². The second kappa shape index (κ2) is 13.0. The van der Waals surface area contributed by atoms with Crippen LogP contribution in [0.3, 0.4) is 0 Å². The van der Waals surface area contributed by atoms with Crippen LogP contribution >= 0.6 is 0 Å². The van der Waals surface area contributed by atoms with Crippen molar-refractivity contribution in [2.45, 2.75) is 51.2 Å². The highest BCUT2D eigenvalue weighted by molar-refractivity contribution is 6.04. The summed E-state index contributed by atoms with van der Waals surface area (Å²) in [4.78, 5) is 34.1. The highest BCUT2D eigenvalue weighted by Gasteiger charge is 2.23. The summed E-state index contributed by atoms with van der Waals surface area (Å²) in [5.74, 6) is 6.58. The molecule has 2 aromatic carbocycles. The number of urea groups is 1. The molecule has 3 N–H and O–H groups in total. The zero-order valence-corrected chi connectivity index (χ0v) is 24.0. The molecule has 8 heteroatoms. The summed E-state index contributed by atoms with van der Waals surface area (Å²) in [5, 5.41) is 8.69. The Morgan fingerprint density at radius 3 is 2.46 bits per heavy atom. The lowest BCUT2D eigenvalue weighted by Gasteiger charge is -2.26. The lowest BCUT2D eigenvalue weighted by atomic mass is 9.93. The predicted molar refractivity (Wildman–Crippen MR) is 163 cm³/mol. The molecule has 0 spiro atoms. The molecule has 1 atom stereocenters. The molecular weight excluding hydrogens is 512 g/mol. The molecule has 3 amide bonds. The Morgan fingerprint density at radius 2 is 1.80 bits per heavy atom. The molecule has 0 radical (unpaired) electrons. The van der Waals surface area contributed by atoms with Crippen LogP contribution in [-0.2, 0) is 6.54 Å². The monoisotopic (exact) mass is 550 g/mol. The highest BCUT2D eigenvalue weighted by atomic mass is 16.2. The van der Waals surface area contributed by atoms with Crippen molar-refractivity contribution in [1.82, 2.24) is 20.1 Å². The van der Waals surface area contributed by atoms with Crippen LogP contribution in [0.5, 0.6) is 0 Å². The number of benzene rings is 2. The summed E-state index contributed by atoms with van der Waals surface area (Å²) in [6, 6.07) is 17.8. The number of nitrogens with zero attached hydrogens (tertiary/aromatic N) is 3. The van der Waals surface area contributed by atoms with Gasteiger partial charge >= 0.3 is 6.03 Å². The smallest absolute Gasteiger partial charge is 0.320 e. The Kier molecular flexibility index (Phi) is 8.98. The largest absolute Gasteiger partial charge is 0.335 e. The predicted octanol–water partition coefficient (Wildman–Crippen LogP) is 4.85. The Labute approximate surface area is 242 Å². The van der Waals surface area contributed by atoms with Crippen molar-refractivity contribution in [3.05, 3.63) is 88.6 Å². The standard InChI is InChI=1S/C33H38N6O2/c1-23-7-12-27(32(40)35-29-14-9-25(10-15-29)21-39-18-17-30(22-39)38(2)3)19-26(23)13-8-24-11-16-31(34-20-24)37-33(41)36-28-5-4-6-28/h7,9-12,14-16,19-20,28,30H,4-6,17-18,21-22H2,1-3H3,(H,35,40)(H2,34,36,37,41)/t30-/m0/s1. The number of nitrogens with one attached hydrogen (secondary N) is 3. The van der Waals surface area contributed by atoms with Crippen molar-refractivity contribution < 1.29 is 9.59 Å². The molecule has 2 fully saturated rings. The van der Waals surface area contributed by atoms with Crippen LogP contribution in [-0.4, -0.2) is 66.0 Å². The van der Waals surface area contributed by atoms with E-state index >= 15 is 0 Å².